The first kappa shape index (κ1) is 12.4. The molecule has 0 radical (unpaired) electrons. The summed E-state index contributed by atoms with van der Waals surface area (Å²) in [5.74, 6) is 0.681. The lowest BCUT2D eigenvalue weighted by Gasteiger charge is -2.07. The Balaban J connectivity index is 2.16. The molecule has 1 aliphatic rings. The van der Waals surface area contributed by atoms with Crippen LogP contribution in [0.1, 0.15) is 38.9 Å². The van der Waals surface area contributed by atoms with E-state index in [1.54, 1.807) is 0 Å². The van der Waals surface area contributed by atoms with Crippen LogP contribution in [0.3, 0.4) is 0 Å². The Bertz CT molecular complexity index is 442. The van der Waals surface area contributed by atoms with Crippen LogP contribution in [-0.2, 0) is 11.3 Å². The van der Waals surface area contributed by atoms with Crippen LogP contribution >= 0.6 is 11.8 Å². The Morgan fingerprint density at radius 3 is 2.71 bits per heavy atom. The lowest BCUT2D eigenvalue weighted by atomic mass is 10.1. The molecule has 5 nitrogen and oxygen atoms in total. The van der Waals surface area contributed by atoms with Crippen molar-refractivity contribution >= 4 is 17.7 Å². The number of hydrogen-bond acceptors (Lipinski definition) is 4. The van der Waals surface area contributed by atoms with E-state index < -0.39 is 5.97 Å². The van der Waals surface area contributed by atoms with Crippen molar-refractivity contribution in [3.05, 3.63) is 5.82 Å². The van der Waals surface area contributed by atoms with Gasteiger partial charge in [-0.1, -0.05) is 25.6 Å². The number of rotatable bonds is 5. The molecule has 1 aromatic heterocycles. The molecule has 0 saturated heterocycles. The molecule has 0 bridgehead atoms. The van der Waals surface area contributed by atoms with Gasteiger partial charge >= 0.3 is 5.97 Å². The molecule has 17 heavy (non-hydrogen) atoms. The number of hydrogen-bond donors (Lipinski definition) is 1. The van der Waals surface area contributed by atoms with Crippen molar-refractivity contribution < 1.29 is 9.90 Å². The van der Waals surface area contributed by atoms with Crippen LogP contribution in [0.2, 0.25) is 0 Å². The second kappa shape index (κ2) is 4.33. The first-order valence-electron chi connectivity index (χ1n) is 5.73. The van der Waals surface area contributed by atoms with E-state index in [2.05, 4.69) is 24.0 Å². The molecular weight excluding hydrogens is 238 g/mol. The van der Waals surface area contributed by atoms with Crippen LogP contribution in [-0.4, -0.2) is 31.6 Å². The fraction of sp³-hybridized carbons (Fsp3) is 0.727. The smallest absolute Gasteiger partial charge is 0.313 e. The number of nitrogens with zero attached hydrogens (tertiary/aromatic N) is 3. The average molecular weight is 255 g/mol. The highest BCUT2D eigenvalue weighted by Crippen LogP contribution is 2.58. The fourth-order valence-electron chi connectivity index (χ4n) is 2.00. The number of thioether (sulfide) groups is 1. The van der Waals surface area contributed by atoms with Gasteiger partial charge in [-0.05, 0) is 18.8 Å². The Labute approximate surface area is 105 Å². The minimum atomic E-state index is -0.825. The molecule has 1 atom stereocenters. The molecule has 1 N–H and O–H groups in total. The minimum absolute atomic E-state index is 0.0339. The topological polar surface area (TPSA) is 68.0 Å². The van der Waals surface area contributed by atoms with Gasteiger partial charge < -0.3 is 9.67 Å². The zero-order valence-corrected chi connectivity index (χ0v) is 11.1. The summed E-state index contributed by atoms with van der Waals surface area (Å²) in [5.41, 5.74) is 0.314. The summed E-state index contributed by atoms with van der Waals surface area (Å²) >= 11 is 1.24. The van der Waals surface area contributed by atoms with E-state index >= 15 is 0 Å². The molecule has 2 rings (SSSR count). The normalized spacial score (nSPS) is 21.5. The second-order valence-corrected chi connectivity index (χ2v) is 5.96. The van der Waals surface area contributed by atoms with E-state index in [1.807, 2.05) is 11.5 Å². The quantitative estimate of drug-likeness (QED) is 0.815. The van der Waals surface area contributed by atoms with Gasteiger partial charge in [0.05, 0.1) is 5.75 Å². The molecule has 6 heteroatoms. The largest absolute Gasteiger partial charge is 0.481 e. The third kappa shape index (κ3) is 2.46. The van der Waals surface area contributed by atoms with Gasteiger partial charge in [0.15, 0.2) is 5.16 Å². The molecule has 1 aromatic rings. The van der Waals surface area contributed by atoms with E-state index in [1.165, 1.54) is 11.8 Å². The SMILES string of the molecule is CCn1c(SCC(=O)O)nnc1C1CC1(C)C. The Kier molecular flexibility index (Phi) is 3.16. The van der Waals surface area contributed by atoms with Gasteiger partial charge in [-0.15, -0.1) is 10.2 Å². The van der Waals surface area contributed by atoms with E-state index in [4.69, 9.17) is 5.11 Å². The minimum Gasteiger partial charge on any atom is -0.481 e. The summed E-state index contributed by atoms with van der Waals surface area (Å²) < 4.78 is 2.03. The van der Waals surface area contributed by atoms with Crippen molar-refractivity contribution in [1.29, 1.82) is 0 Å². The van der Waals surface area contributed by atoms with Crippen LogP contribution in [0.4, 0.5) is 0 Å². The zero-order chi connectivity index (χ0) is 12.6. The summed E-state index contributed by atoms with van der Waals surface area (Å²) in [6, 6.07) is 0. The summed E-state index contributed by atoms with van der Waals surface area (Å²) in [7, 11) is 0. The number of carbonyl (C=O) groups is 1. The fourth-order valence-corrected chi connectivity index (χ4v) is 2.73. The molecule has 1 aliphatic carbocycles. The van der Waals surface area contributed by atoms with Gasteiger partial charge in [-0.25, -0.2) is 0 Å². The summed E-state index contributed by atoms with van der Waals surface area (Å²) in [4.78, 5) is 10.6. The van der Waals surface area contributed by atoms with Gasteiger partial charge in [0.2, 0.25) is 0 Å². The molecule has 94 valence electrons. The van der Waals surface area contributed by atoms with E-state index in [0.29, 0.717) is 16.5 Å². The summed E-state index contributed by atoms with van der Waals surface area (Å²) in [6.45, 7) is 7.26. The van der Waals surface area contributed by atoms with Crippen LogP contribution in [0.5, 0.6) is 0 Å². The Hall–Kier alpha value is -1.04. The number of carboxylic acids is 1. The van der Waals surface area contributed by atoms with Crippen molar-refractivity contribution in [3.8, 4) is 0 Å². The van der Waals surface area contributed by atoms with Gasteiger partial charge in [0, 0.05) is 12.5 Å². The molecule has 1 unspecified atom stereocenters. The number of carboxylic acid groups (broad SMARTS) is 1. The summed E-state index contributed by atoms with van der Waals surface area (Å²) in [6.07, 6.45) is 1.13. The van der Waals surface area contributed by atoms with Crippen molar-refractivity contribution in [2.75, 3.05) is 5.75 Å². The molecule has 0 aromatic carbocycles. The monoisotopic (exact) mass is 255 g/mol. The van der Waals surface area contributed by atoms with Gasteiger partial charge in [0.1, 0.15) is 5.82 Å². The van der Waals surface area contributed by atoms with E-state index in [9.17, 15) is 4.79 Å². The third-order valence-electron chi connectivity index (χ3n) is 3.21. The van der Waals surface area contributed by atoms with Crippen molar-refractivity contribution in [3.63, 3.8) is 0 Å². The molecule has 0 amide bonds. The van der Waals surface area contributed by atoms with Crippen LogP contribution < -0.4 is 0 Å². The van der Waals surface area contributed by atoms with Crippen molar-refractivity contribution in [1.82, 2.24) is 14.8 Å². The molecule has 1 fully saturated rings. The highest BCUT2D eigenvalue weighted by atomic mass is 32.2. The maximum Gasteiger partial charge on any atom is 0.313 e. The predicted molar refractivity (Wildman–Crippen MR) is 65.2 cm³/mol. The van der Waals surface area contributed by atoms with E-state index in [-0.39, 0.29) is 5.75 Å². The maximum atomic E-state index is 10.6. The van der Waals surface area contributed by atoms with Crippen molar-refractivity contribution in [2.45, 2.75) is 44.8 Å². The molecule has 0 aliphatic heterocycles. The van der Waals surface area contributed by atoms with Crippen LogP contribution in [0, 0.1) is 5.41 Å². The van der Waals surface area contributed by atoms with Crippen LogP contribution in [0.15, 0.2) is 5.16 Å². The van der Waals surface area contributed by atoms with Crippen LogP contribution in [0.25, 0.3) is 0 Å². The van der Waals surface area contributed by atoms with Crippen molar-refractivity contribution in [2.24, 2.45) is 5.41 Å². The first-order valence-corrected chi connectivity index (χ1v) is 6.72. The molecule has 1 saturated carbocycles. The van der Waals surface area contributed by atoms with Gasteiger partial charge in [0.25, 0.3) is 0 Å². The molecular formula is C11H17N3O2S. The Morgan fingerprint density at radius 2 is 2.24 bits per heavy atom. The van der Waals surface area contributed by atoms with E-state index in [0.717, 1.165) is 18.8 Å². The average Bonchev–Trinajstić information content (AvgIpc) is 2.74. The van der Waals surface area contributed by atoms with Gasteiger partial charge in [-0.3, -0.25) is 4.79 Å². The predicted octanol–water partition coefficient (Wildman–Crippen LogP) is 1.99. The number of aliphatic carboxylic acids is 1. The standard InChI is InChI=1S/C11H17N3O2S/c1-4-14-9(7-5-11(7,2)3)12-13-10(14)17-6-8(15)16/h7H,4-6H2,1-3H3,(H,15,16). The third-order valence-corrected chi connectivity index (χ3v) is 4.16. The van der Waals surface area contributed by atoms with Gasteiger partial charge in [-0.2, -0.15) is 0 Å². The molecule has 1 heterocycles. The highest BCUT2D eigenvalue weighted by molar-refractivity contribution is 7.99. The second-order valence-electron chi connectivity index (χ2n) is 5.01. The zero-order valence-electron chi connectivity index (χ0n) is 10.3. The lowest BCUT2D eigenvalue weighted by Crippen LogP contribution is -2.06. The molecule has 0 spiro atoms. The highest BCUT2D eigenvalue weighted by Gasteiger charge is 2.49. The lowest BCUT2D eigenvalue weighted by molar-refractivity contribution is -0.133. The maximum absolute atomic E-state index is 10.6. The number of aromatic nitrogens is 3. The summed E-state index contributed by atoms with van der Waals surface area (Å²) in [5, 5.41) is 17.7. The Morgan fingerprint density at radius 1 is 1.59 bits per heavy atom. The first-order chi connectivity index (χ1) is 7.95.